The van der Waals surface area contributed by atoms with Crippen molar-refractivity contribution in [2.24, 2.45) is 0 Å². The second-order valence-electron chi connectivity index (χ2n) is 7.28. The number of carbonyl (C=O) groups is 2. The first-order valence-electron chi connectivity index (χ1n) is 8.38. The number of hydrogen-bond donors (Lipinski definition) is 0. The third-order valence-corrected chi connectivity index (χ3v) is 4.92. The van der Waals surface area contributed by atoms with Gasteiger partial charge >= 0.3 is 11.9 Å². The molecule has 1 aromatic rings. The van der Waals surface area contributed by atoms with E-state index < -0.39 is 11.9 Å². The van der Waals surface area contributed by atoms with Crippen LogP contribution in [0, 0.1) is 0 Å². The number of rotatable bonds is 4. The Labute approximate surface area is 146 Å². The molecule has 4 heterocycles. The van der Waals surface area contributed by atoms with Crippen molar-refractivity contribution in [1.29, 1.82) is 0 Å². The van der Waals surface area contributed by atoms with E-state index in [-0.39, 0.29) is 11.3 Å². The van der Waals surface area contributed by atoms with Crippen LogP contribution in [0.3, 0.4) is 0 Å². The van der Waals surface area contributed by atoms with E-state index in [2.05, 4.69) is 14.7 Å². The molecule has 0 amide bonds. The molecule has 4 bridgehead atoms. The van der Waals surface area contributed by atoms with E-state index in [1.54, 1.807) is 12.1 Å². The molecular formula is C17H23N4O4+. The van der Waals surface area contributed by atoms with Gasteiger partial charge in [0.1, 0.15) is 37.9 Å². The molecule has 4 aliphatic rings. The highest BCUT2D eigenvalue weighted by Gasteiger charge is 2.48. The molecule has 4 saturated heterocycles. The minimum absolute atomic E-state index is 0.270. The third kappa shape index (κ3) is 3.13. The van der Waals surface area contributed by atoms with Gasteiger partial charge in [0.25, 0.3) is 0 Å². The van der Waals surface area contributed by atoms with Crippen molar-refractivity contribution >= 4 is 11.9 Å². The Kier molecular flexibility index (Phi) is 3.99. The molecule has 0 aliphatic carbocycles. The zero-order chi connectivity index (χ0) is 17.6. The maximum Gasteiger partial charge on any atom is 0.341 e. The number of esters is 2. The van der Waals surface area contributed by atoms with Crippen molar-refractivity contribution in [2.75, 3.05) is 47.1 Å². The fourth-order valence-electron chi connectivity index (χ4n) is 4.38. The van der Waals surface area contributed by atoms with Crippen LogP contribution in [0.25, 0.3) is 0 Å². The van der Waals surface area contributed by atoms with Crippen LogP contribution in [0.5, 0.6) is 5.75 Å². The van der Waals surface area contributed by atoms with E-state index in [1.807, 2.05) is 6.07 Å². The Morgan fingerprint density at radius 1 is 1.08 bits per heavy atom. The molecule has 0 spiro atoms. The first kappa shape index (κ1) is 16.5. The van der Waals surface area contributed by atoms with E-state index in [0.717, 1.165) is 56.6 Å². The summed E-state index contributed by atoms with van der Waals surface area (Å²) in [6.45, 7) is 8.34. The predicted octanol–water partition coefficient (Wildman–Crippen LogP) is 0.407. The molecule has 0 unspecified atom stereocenters. The largest absolute Gasteiger partial charge is 0.465 e. The molecule has 4 fully saturated rings. The van der Waals surface area contributed by atoms with Crippen molar-refractivity contribution in [1.82, 2.24) is 14.7 Å². The van der Waals surface area contributed by atoms with E-state index >= 15 is 0 Å². The summed E-state index contributed by atoms with van der Waals surface area (Å²) in [7, 11) is 1.32. The molecule has 0 atom stereocenters. The lowest BCUT2D eigenvalue weighted by atomic mass is 10.1. The van der Waals surface area contributed by atoms with Gasteiger partial charge < -0.3 is 9.47 Å². The molecule has 0 radical (unpaired) electrons. The standard InChI is InChI=1S/C17H23N4O4/c1-13(22)25-16-5-14(3-4-15(16)17(23)24-2)6-21-10-18-7-19(11-21)9-20(8-18)12-21/h3-5H,6-12H2,1-2H3/q+1. The summed E-state index contributed by atoms with van der Waals surface area (Å²) in [6, 6.07) is 5.41. The van der Waals surface area contributed by atoms with Gasteiger partial charge in [-0.1, -0.05) is 6.07 Å². The van der Waals surface area contributed by atoms with Gasteiger partial charge in [0.15, 0.2) is 0 Å². The lowest BCUT2D eigenvalue weighted by Crippen LogP contribution is -2.78. The summed E-state index contributed by atoms with van der Waals surface area (Å²) in [5.74, 6) is -0.683. The van der Waals surface area contributed by atoms with Gasteiger partial charge in [-0.15, -0.1) is 0 Å². The smallest absolute Gasteiger partial charge is 0.341 e. The SMILES string of the molecule is COC(=O)c1ccc(C[N+]23CN4CN(CN(C4)C2)C3)cc1OC(C)=O. The molecule has 1 aromatic carbocycles. The summed E-state index contributed by atoms with van der Waals surface area (Å²) in [5.41, 5.74) is 1.32. The predicted molar refractivity (Wildman–Crippen MR) is 87.8 cm³/mol. The number of ether oxygens (including phenoxy) is 2. The molecule has 0 saturated carbocycles. The van der Waals surface area contributed by atoms with Gasteiger partial charge in [0.2, 0.25) is 0 Å². The Balaban J connectivity index is 1.60. The Morgan fingerprint density at radius 3 is 2.20 bits per heavy atom. The molecular weight excluding hydrogens is 324 g/mol. The van der Waals surface area contributed by atoms with Crippen molar-refractivity contribution in [2.45, 2.75) is 13.5 Å². The van der Waals surface area contributed by atoms with Crippen molar-refractivity contribution in [3.8, 4) is 5.75 Å². The molecule has 0 N–H and O–H groups in total. The summed E-state index contributed by atoms with van der Waals surface area (Å²) in [6.07, 6.45) is 0. The van der Waals surface area contributed by atoms with Gasteiger partial charge in [0.05, 0.1) is 27.1 Å². The second kappa shape index (κ2) is 6.06. The highest BCUT2D eigenvalue weighted by molar-refractivity contribution is 5.93. The molecule has 25 heavy (non-hydrogen) atoms. The zero-order valence-corrected chi connectivity index (χ0v) is 14.6. The van der Waals surface area contributed by atoms with Crippen LogP contribution in [0.1, 0.15) is 22.8 Å². The van der Waals surface area contributed by atoms with Crippen LogP contribution < -0.4 is 4.74 Å². The normalized spacial score (nSPS) is 32.5. The second-order valence-corrected chi connectivity index (χ2v) is 7.28. The van der Waals surface area contributed by atoms with E-state index in [4.69, 9.17) is 9.47 Å². The maximum atomic E-state index is 11.9. The molecule has 8 heteroatoms. The summed E-state index contributed by atoms with van der Waals surface area (Å²) in [5, 5.41) is 0. The fraction of sp³-hybridized carbons (Fsp3) is 0.529. The summed E-state index contributed by atoms with van der Waals surface area (Å²) >= 11 is 0. The van der Waals surface area contributed by atoms with Gasteiger partial charge in [-0.05, 0) is 12.1 Å². The fourth-order valence-corrected chi connectivity index (χ4v) is 4.38. The van der Waals surface area contributed by atoms with Gasteiger partial charge in [-0.3, -0.25) is 9.28 Å². The average Bonchev–Trinajstić information content (AvgIpc) is 2.52. The third-order valence-electron chi connectivity index (χ3n) is 4.92. The first-order valence-corrected chi connectivity index (χ1v) is 8.38. The number of carbonyl (C=O) groups excluding carboxylic acids is 2. The van der Waals surface area contributed by atoms with Gasteiger partial charge in [-0.25, -0.2) is 19.5 Å². The zero-order valence-electron chi connectivity index (χ0n) is 14.6. The Bertz CT molecular complexity index is 685. The lowest BCUT2D eigenvalue weighted by Gasteiger charge is -2.60. The quantitative estimate of drug-likeness (QED) is 0.444. The topological polar surface area (TPSA) is 62.3 Å². The number of benzene rings is 1. The highest BCUT2D eigenvalue weighted by atomic mass is 16.5. The number of quaternary nitrogens is 1. The van der Waals surface area contributed by atoms with Crippen molar-refractivity contribution in [3.05, 3.63) is 29.3 Å². The number of nitrogens with zero attached hydrogens (tertiary/aromatic N) is 4. The molecule has 134 valence electrons. The minimum Gasteiger partial charge on any atom is -0.465 e. The van der Waals surface area contributed by atoms with Crippen molar-refractivity contribution < 1.29 is 23.5 Å². The van der Waals surface area contributed by atoms with Crippen LogP contribution in [0.2, 0.25) is 0 Å². The number of hydrogen-bond acceptors (Lipinski definition) is 7. The molecule has 4 aliphatic heterocycles. The van der Waals surface area contributed by atoms with Crippen molar-refractivity contribution in [3.63, 3.8) is 0 Å². The monoisotopic (exact) mass is 347 g/mol. The van der Waals surface area contributed by atoms with Gasteiger partial charge in [-0.2, -0.15) is 0 Å². The lowest BCUT2D eigenvalue weighted by molar-refractivity contribution is -0.991. The van der Waals surface area contributed by atoms with Gasteiger partial charge in [0, 0.05) is 12.5 Å². The molecule has 8 nitrogen and oxygen atoms in total. The van der Waals surface area contributed by atoms with E-state index in [1.165, 1.54) is 14.0 Å². The average molecular weight is 347 g/mol. The first-order chi connectivity index (χ1) is 12.0. The molecule has 0 aromatic heterocycles. The van der Waals surface area contributed by atoms with E-state index in [9.17, 15) is 9.59 Å². The van der Waals surface area contributed by atoms with Crippen LogP contribution in [-0.4, -0.2) is 78.2 Å². The highest BCUT2D eigenvalue weighted by Crippen LogP contribution is 2.32. The summed E-state index contributed by atoms with van der Waals surface area (Å²) < 4.78 is 11.0. The van der Waals surface area contributed by atoms with E-state index in [0.29, 0.717) is 0 Å². The van der Waals surface area contributed by atoms with Crippen LogP contribution in [0.15, 0.2) is 18.2 Å². The minimum atomic E-state index is -0.504. The maximum absolute atomic E-state index is 11.9. The van der Waals surface area contributed by atoms with Crippen LogP contribution in [-0.2, 0) is 16.1 Å². The molecule has 5 rings (SSSR count). The Morgan fingerprint density at radius 2 is 1.68 bits per heavy atom. The van der Waals surface area contributed by atoms with Crippen LogP contribution in [0.4, 0.5) is 0 Å². The van der Waals surface area contributed by atoms with Crippen LogP contribution >= 0.6 is 0 Å². The summed E-state index contributed by atoms with van der Waals surface area (Å²) in [4.78, 5) is 30.7. The Hall–Kier alpha value is -2.00. The number of methoxy groups -OCH3 is 1.